The second-order valence-corrected chi connectivity index (χ2v) is 6.21. The molecule has 1 heterocycles. The molecule has 3 aromatic carbocycles. The average Bonchev–Trinajstić information content (AvgIpc) is 2.69. The van der Waals surface area contributed by atoms with Gasteiger partial charge in [-0.3, -0.25) is 4.79 Å². The summed E-state index contributed by atoms with van der Waals surface area (Å²) >= 11 is 0. The molecule has 0 unspecified atom stereocenters. The van der Waals surface area contributed by atoms with E-state index in [1.165, 1.54) is 18.2 Å². The monoisotopic (exact) mass is 371 g/mol. The first kappa shape index (κ1) is 17.5. The molecule has 0 saturated carbocycles. The van der Waals surface area contributed by atoms with E-state index in [2.05, 4.69) is 0 Å². The highest BCUT2D eigenvalue weighted by Crippen LogP contribution is 2.30. The van der Waals surface area contributed by atoms with Crippen molar-refractivity contribution in [3.8, 4) is 28.7 Å². The Kier molecular flexibility index (Phi) is 4.38. The summed E-state index contributed by atoms with van der Waals surface area (Å²) in [4.78, 5) is 13.0. The number of halogens is 1. The minimum Gasteiger partial charge on any atom is -0.460 e. The summed E-state index contributed by atoms with van der Waals surface area (Å²) in [5.74, 6) is 0.270. The summed E-state index contributed by atoms with van der Waals surface area (Å²) in [6.07, 6.45) is 0. The molecule has 4 aromatic rings. The molecule has 4 rings (SSSR count). The Balaban J connectivity index is 1.81. The first-order valence-electron chi connectivity index (χ1n) is 8.58. The molecule has 0 atom stereocenters. The molecular weight excluding hydrogens is 357 g/mol. The van der Waals surface area contributed by atoms with Gasteiger partial charge in [-0.05, 0) is 36.8 Å². The summed E-state index contributed by atoms with van der Waals surface area (Å²) in [6, 6.07) is 20.0. The summed E-state index contributed by atoms with van der Waals surface area (Å²) in [5.41, 5.74) is 1.34. The SMILES string of the molecule is Cc1oc2cc(Oc3cccc(F)c3C#N)ccc2c(=O)c1-c1ccccc1. The van der Waals surface area contributed by atoms with E-state index in [1.807, 2.05) is 30.3 Å². The second kappa shape index (κ2) is 7.01. The Morgan fingerprint density at radius 1 is 1.04 bits per heavy atom. The van der Waals surface area contributed by atoms with Crippen LogP contribution in [-0.2, 0) is 0 Å². The number of aryl methyl sites for hydroxylation is 1. The molecule has 0 amide bonds. The van der Waals surface area contributed by atoms with Gasteiger partial charge in [-0.25, -0.2) is 4.39 Å². The van der Waals surface area contributed by atoms with Crippen LogP contribution in [0.25, 0.3) is 22.1 Å². The van der Waals surface area contributed by atoms with E-state index in [1.54, 1.807) is 31.2 Å². The number of nitriles is 1. The van der Waals surface area contributed by atoms with Crippen LogP contribution in [-0.4, -0.2) is 0 Å². The average molecular weight is 371 g/mol. The zero-order valence-electron chi connectivity index (χ0n) is 14.9. The van der Waals surface area contributed by atoms with Crippen LogP contribution in [0.1, 0.15) is 11.3 Å². The molecule has 0 aliphatic carbocycles. The first-order valence-corrected chi connectivity index (χ1v) is 8.58. The molecular formula is C23H14FNO3. The quantitative estimate of drug-likeness (QED) is 0.472. The van der Waals surface area contributed by atoms with E-state index in [0.29, 0.717) is 28.0 Å². The van der Waals surface area contributed by atoms with Crippen LogP contribution in [0.15, 0.2) is 75.9 Å². The van der Waals surface area contributed by atoms with Crippen LogP contribution in [0.5, 0.6) is 11.5 Å². The fourth-order valence-corrected chi connectivity index (χ4v) is 3.11. The molecule has 5 heteroatoms. The highest BCUT2D eigenvalue weighted by Gasteiger charge is 2.15. The Morgan fingerprint density at radius 3 is 2.57 bits per heavy atom. The topological polar surface area (TPSA) is 63.2 Å². The van der Waals surface area contributed by atoms with E-state index in [0.717, 1.165) is 5.56 Å². The van der Waals surface area contributed by atoms with Crippen molar-refractivity contribution < 1.29 is 13.5 Å². The lowest BCUT2D eigenvalue weighted by Crippen LogP contribution is -2.07. The largest absolute Gasteiger partial charge is 0.460 e. The molecule has 0 bridgehead atoms. The Bertz CT molecular complexity index is 1290. The number of benzene rings is 3. The minimum absolute atomic E-state index is 0.0989. The van der Waals surface area contributed by atoms with Gasteiger partial charge < -0.3 is 9.15 Å². The molecule has 0 radical (unpaired) electrons. The lowest BCUT2D eigenvalue weighted by molar-refractivity contribution is 0.473. The number of rotatable bonds is 3. The fraction of sp³-hybridized carbons (Fsp3) is 0.0435. The number of ether oxygens (including phenoxy) is 1. The first-order chi connectivity index (χ1) is 13.6. The van der Waals surface area contributed by atoms with Gasteiger partial charge in [-0.2, -0.15) is 5.26 Å². The van der Waals surface area contributed by atoms with Crippen molar-refractivity contribution in [1.82, 2.24) is 0 Å². The summed E-state index contributed by atoms with van der Waals surface area (Å²) < 4.78 is 25.3. The lowest BCUT2D eigenvalue weighted by Gasteiger charge is -2.10. The van der Waals surface area contributed by atoms with Crippen LogP contribution in [0.4, 0.5) is 4.39 Å². The van der Waals surface area contributed by atoms with Gasteiger partial charge in [0.05, 0.1) is 10.9 Å². The molecule has 0 saturated heterocycles. The summed E-state index contributed by atoms with van der Waals surface area (Å²) in [6.45, 7) is 1.73. The van der Waals surface area contributed by atoms with Gasteiger partial charge in [0.15, 0.2) is 0 Å². The molecule has 0 aliphatic heterocycles. The zero-order chi connectivity index (χ0) is 19.7. The van der Waals surface area contributed by atoms with E-state index in [-0.39, 0.29) is 16.7 Å². The van der Waals surface area contributed by atoms with Crippen LogP contribution < -0.4 is 10.2 Å². The van der Waals surface area contributed by atoms with E-state index < -0.39 is 5.82 Å². The van der Waals surface area contributed by atoms with Crippen molar-refractivity contribution in [2.24, 2.45) is 0 Å². The highest BCUT2D eigenvalue weighted by molar-refractivity contribution is 5.83. The molecule has 0 aliphatic rings. The van der Waals surface area contributed by atoms with E-state index in [4.69, 9.17) is 14.4 Å². The van der Waals surface area contributed by atoms with Crippen molar-refractivity contribution in [1.29, 1.82) is 5.26 Å². The predicted molar refractivity (Wildman–Crippen MR) is 104 cm³/mol. The van der Waals surface area contributed by atoms with Crippen LogP contribution in [0.3, 0.4) is 0 Å². The molecule has 0 N–H and O–H groups in total. The van der Waals surface area contributed by atoms with Crippen LogP contribution in [0.2, 0.25) is 0 Å². The zero-order valence-corrected chi connectivity index (χ0v) is 14.9. The Labute approximate surface area is 160 Å². The maximum atomic E-state index is 13.8. The van der Waals surface area contributed by atoms with Gasteiger partial charge in [0.25, 0.3) is 0 Å². The molecule has 1 aromatic heterocycles. The molecule has 0 fully saturated rings. The van der Waals surface area contributed by atoms with Crippen LogP contribution in [0, 0.1) is 24.1 Å². The number of fused-ring (bicyclic) bond motifs is 1. The van der Waals surface area contributed by atoms with Crippen molar-refractivity contribution in [2.45, 2.75) is 6.92 Å². The van der Waals surface area contributed by atoms with Gasteiger partial charge in [0.1, 0.15) is 40.3 Å². The fourth-order valence-electron chi connectivity index (χ4n) is 3.11. The normalized spacial score (nSPS) is 10.6. The third-order valence-corrected chi connectivity index (χ3v) is 4.42. The molecule has 0 spiro atoms. The van der Waals surface area contributed by atoms with Crippen molar-refractivity contribution >= 4 is 11.0 Å². The van der Waals surface area contributed by atoms with E-state index >= 15 is 0 Å². The summed E-state index contributed by atoms with van der Waals surface area (Å²) in [5, 5.41) is 9.54. The van der Waals surface area contributed by atoms with Crippen molar-refractivity contribution in [2.75, 3.05) is 0 Å². The third-order valence-electron chi connectivity index (χ3n) is 4.42. The van der Waals surface area contributed by atoms with Crippen molar-refractivity contribution in [3.63, 3.8) is 0 Å². The molecule has 4 nitrogen and oxygen atoms in total. The van der Waals surface area contributed by atoms with Gasteiger partial charge >= 0.3 is 0 Å². The maximum Gasteiger partial charge on any atom is 0.200 e. The summed E-state index contributed by atoms with van der Waals surface area (Å²) in [7, 11) is 0. The van der Waals surface area contributed by atoms with Gasteiger partial charge in [0, 0.05) is 6.07 Å². The van der Waals surface area contributed by atoms with Gasteiger partial charge in [-0.15, -0.1) is 0 Å². The number of nitrogens with zero attached hydrogens (tertiary/aromatic N) is 1. The van der Waals surface area contributed by atoms with E-state index in [9.17, 15) is 9.18 Å². The Morgan fingerprint density at radius 2 is 1.82 bits per heavy atom. The standard InChI is InChI=1S/C23H14FNO3/c1-14-22(15-6-3-2-4-7-15)23(26)17-11-10-16(12-21(17)27-14)28-20-9-5-8-19(24)18(20)13-25/h2-12H,1H3. The second-order valence-electron chi connectivity index (χ2n) is 6.21. The maximum absolute atomic E-state index is 13.8. The number of hydrogen-bond acceptors (Lipinski definition) is 4. The third kappa shape index (κ3) is 3.01. The van der Waals surface area contributed by atoms with Crippen LogP contribution >= 0.6 is 0 Å². The highest BCUT2D eigenvalue weighted by atomic mass is 19.1. The van der Waals surface area contributed by atoms with Gasteiger partial charge in [0.2, 0.25) is 5.43 Å². The molecule has 136 valence electrons. The Hall–Kier alpha value is -3.91. The predicted octanol–water partition coefficient (Wildman–Crippen LogP) is 5.57. The minimum atomic E-state index is -0.657. The van der Waals surface area contributed by atoms with Crippen molar-refractivity contribution in [3.05, 3.63) is 94.1 Å². The smallest absolute Gasteiger partial charge is 0.200 e. The van der Waals surface area contributed by atoms with Gasteiger partial charge in [-0.1, -0.05) is 36.4 Å². The lowest BCUT2D eigenvalue weighted by atomic mass is 10.0. The molecule has 28 heavy (non-hydrogen) atoms. The number of hydrogen-bond donors (Lipinski definition) is 0.